The van der Waals surface area contributed by atoms with Gasteiger partial charge in [0.1, 0.15) is 5.65 Å². The fraction of sp³-hybridized carbons (Fsp3) is 0.345. The number of pyridine rings is 1. The first-order valence-corrected chi connectivity index (χ1v) is 13.0. The molecule has 1 spiro atoms. The first-order valence-electron chi connectivity index (χ1n) is 14.5. The molecule has 0 saturated carbocycles. The van der Waals surface area contributed by atoms with E-state index in [1.807, 2.05) is 30.1 Å². The third-order valence-corrected chi connectivity index (χ3v) is 8.51. The maximum absolute atomic E-state index is 14.0. The van der Waals surface area contributed by atoms with Gasteiger partial charge in [-0.05, 0) is 43.6 Å². The summed E-state index contributed by atoms with van der Waals surface area (Å²) in [5.74, 6) is 0.0540. The van der Waals surface area contributed by atoms with E-state index in [1.54, 1.807) is 24.3 Å². The van der Waals surface area contributed by atoms with Crippen molar-refractivity contribution in [1.82, 2.24) is 34.4 Å². The quantitative estimate of drug-likeness (QED) is 0.385. The average Bonchev–Trinajstić information content (AvgIpc) is 3.74. The van der Waals surface area contributed by atoms with E-state index in [0.29, 0.717) is 55.8 Å². The highest BCUT2D eigenvalue weighted by molar-refractivity contribution is 6.16. The molecule has 4 aromatic heterocycles. The summed E-state index contributed by atoms with van der Waals surface area (Å²) in [6, 6.07) is 8.34. The molecule has 0 atom stereocenters. The third-order valence-electron chi connectivity index (χ3n) is 8.51. The van der Waals surface area contributed by atoms with Crippen molar-refractivity contribution in [3.63, 3.8) is 0 Å². The van der Waals surface area contributed by atoms with E-state index in [4.69, 9.17) is 14.4 Å². The van der Waals surface area contributed by atoms with E-state index in [2.05, 4.69) is 32.2 Å². The molecule has 1 N–H and O–H groups in total. The number of nitriles is 1. The SMILES string of the molecule is [2H]C([2H])([2H])n1cc(-c2[nH]c3ncc4c(c3c2-c2ccc3c(cnn3C)c2)C2(CCN(CCC#N)CC2)C(=O)N4C)cn1. The number of amides is 1. The van der Waals surface area contributed by atoms with Crippen LogP contribution in [0.15, 0.2) is 43.0 Å². The monoisotopic (exact) mass is 522 g/mol. The number of carbonyl (C=O) groups excluding carboxylic acids is 1. The van der Waals surface area contributed by atoms with Crippen LogP contribution in [0.2, 0.25) is 0 Å². The number of benzene rings is 1. The predicted octanol–water partition coefficient (Wildman–Crippen LogP) is 3.74. The van der Waals surface area contributed by atoms with Crippen LogP contribution in [0.4, 0.5) is 5.69 Å². The number of aryl methyl sites for hydroxylation is 2. The number of anilines is 1. The van der Waals surface area contributed by atoms with Gasteiger partial charge in [-0.15, -0.1) is 0 Å². The second-order valence-electron chi connectivity index (χ2n) is 10.5. The van der Waals surface area contributed by atoms with Gasteiger partial charge < -0.3 is 14.8 Å². The van der Waals surface area contributed by atoms with E-state index in [1.165, 1.54) is 6.20 Å². The van der Waals surface area contributed by atoms with Gasteiger partial charge in [0.2, 0.25) is 5.91 Å². The second-order valence-corrected chi connectivity index (χ2v) is 10.5. The molecule has 196 valence electrons. The first kappa shape index (κ1) is 20.5. The van der Waals surface area contributed by atoms with Crippen molar-refractivity contribution in [2.24, 2.45) is 14.0 Å². The summed E-state index contributed by atoms with van der Waals surface area (Å²) in [5.41, 5.74) is 5.65. The fourth-order valence-corrected chi connectivity index (χ4v) is 6.53. The number of aromatic nitrogens is 6. The van der Waals surface area contributed by atoms with Crippen LogP contribution < -0.4 is 4.90 Å². The zero-order valence-electron chi connectivity index (χ0n) is 24.8. The van der Waals surface area contributed by atoms with E-state index in [-0.39, 0.29) is 5.91 Å². The molecular formula is C29H29N9O. The van der Waals surface area contributed by atoms with E-state index < -0.39 is 12.4 Å². The Kier molecular flexibility index (Phi) is 4.47. The van der Waals surface area contributed by atoms with Gasteiger partial charge >= 0.3 is 0 Å². The Hall–Kier alpha value is -4.49. The maximum atomic E-state index is 14.0. The highest BCUT2D eigenvalue weighted by Crippen LogP contribution is 2.53. The summed E-state index contributed by atoms with van der Waals surface area (Å²) in [4.78, 5) is 26.3. The number of fused-ring (bicyclic) bond motifs is 5. The van der Waals surface area contributed by atoms with Crippen molar-refractivity contribution in [3.05, 3.63) is 48.5 Å². The number of hydrogen-bond donors (Lipinski definition) is 1. The standard InChI is InChI=1S/C29H29N9O/c1-35-17-20(15-32-35)26-23(18-5-6-21-19(13-18)14-33-37(21)3)24-25-22(16-31-27(24)34-26)36(2)28(39)29(25)7-11-38(12-8-29)10-4-9-30/h5-6,13-17H,4,7-8,10-12H2,1-3H3,(H,31,34)/i1D3. The number of carbonyl (C=O) groups is 1. The fourth-order valence-electron chi connectivity index (χ4n) is 6.53. The summed E-state index contributed by atoms with van der Waals surface area (Å²) < 4.78 is 26.3. The number of rotatable bonds is 4. The number of piperidine rings is 1. The molecule has 0 bridgehead atoms. The molecule has 5 aromatic rings. The molecule has 0 aliphatic carbocycles. The van der Waals surface area contributed by atoms with Crippen LogP contribution in [0.5, 0.6) is 0 Å². The summed E-state index contributed by atoms with van der Waals surface area (Å²) in [6.45, 7) is -0.307. The molecule has 2 aliphatic heterocycles. The van der Waals surface area contributed by atoms with Crippen molar-refractivity contribution < 1.29 is 8.91 Å². The number of likely N-dealkylation sites (tertiary alicyclic amines) is 1. The Labute approximate surface area is 229 Å². The zero-order chi connectivity index (χ0) is 29.4. The van der Waals surface area contributed by atoms with Crippen molar-refractivity contribution in [2.45, 2.75) is 24.7 Å². The lowest BCUT2D eigenvalue weighted by Crippen LogP contribution is -2.48. The Bertz CT molecular complexity index is 1920. The minimum atomic E-state index is -2.42. The molecule has 10 heteroatoms. The Morgan fingerprint density at radius 2 is 2.00 bits per heavy atom. The van der Waals surface area contributed by atoms with Gasteiger partial charge in [0, 0.05) is 71.8 Å². The second kappa shape index (κ2) is 8.51. The number of H-pyrrole nitrogens is 1. The lowest BCUT2D eigenvalue weighted by atomic mass is 9.72. The van der Waals surface area contributed by atoms with Gasteiger partial charge in [0.15, 0.2) is 0 Å². The van der Waals surface area contributed by atoms with Gasteiger partial charge in [-0.1, -0.05) is 6.07 Å². The molecule has 2 aliphatic rings. The number of nitrogens with zero attached hydrogens (tertiary/aromatic N) is 8. The molecule has 0 radical (unpaired) electrons. The number of likely N-dealkylation sites (N-methyl/N-ethyl adjacent to an activating group) is 1. The molecule has 1 saturated heterocycles. The molecule has 0 unspecified atom stereocenters. The minimum absolute atomic E-state index is 0.0540. The van der Waals surface area contributed by atoms with Crippen molar-refractivity contribution in [3.8, 4) is 28.5 Å². The van der Waals surface area contributed by atoms with Crippen LogP contribution in [-0.4, -0.2) is 67.0 Å². The first-order chi connectivity index (χ1) is 20.1. The molecule has 39 heavy (non-hydrogen) atoms. The average molecular weight is 523 g/mol. The third kappa shape index (κ3) is 3.36. The summed E-state index contributed by atoms with van der Waals surface area (Å²) >= 11 is 0. The van der Waals surface area contributed by atoms with Crippen molar-refractivity contribution >= 4 is 33.5 Å². The van der Waals surface area contributed by atoms with Crippen LogP contribution in [0.3, 0.4) is 0 Å². The molecular weight excluding hydrogens is 490 g/mol. The Morgan fingerprint density at radius 1 is 1.15 bits per heavy atom. The van der Waals surface area contributed by atoms with Crippen molar-refractivity contribution in [2.75, 3.05) is 31.6 Å². The van der Waals surface area contributed by atoms with Gasteiger partial charge in [-0.2, -0.15) is 15.5 Å². The topological polar surface area (TPSA) is 112 Å². The largest absolute Gasteiger partial charge is 0.339 e. The van der Waals surface area contributed by atoms with Crippen LogP contribution in [-0.2, 0) is 24.2 Å². The maximum Gasteiger partial charge on any atom is 0.237 e. The Balaban J connectivity index is 1.49. The highest BCUT2D eigenvalue weighted by atomic mass is 16.2. The minimum Gasteiger partial charge on any atom is -0.339 e. The zero-order valence-corrected chi connectivity index (χ0v) is 21.8. The number of nitrogens with one attached hydrogen (secondary N) is 1. The summed E-state index contributed by atoms with van der Waals surface area (Å²) in [6.07, 6.45) is 8.36. The van der Waals surface area contributed by atoms with E-state index in [9.17, 15) is 4.79 Å². The molecule has 1 fully saturated rings. The van der Waals surface area contributed by atoms with Gasteiger partial charge in [0.25, 0.3) is 0 Å². The predicted molar refractivity (Wildman–Crippen MR) is 149 cm³/mol. The van der Waals surface area contributed by atoms with Gasteiger partial charge in [-0.3, -0.25) is 14.2 Å². The Morgan fingerprint density at radius 3 is 2.77 bits per heavy atom. The number of aromatic amines is 1. The molecule has 7 rings (SSSR count). The highest BCUT2D eigenvalue weighted by Gasteiger charge is 2.52. The summed E-state index contributed by atoms with van der Waals surface area (Å²) in [5, 5.41) is 19.5. The van der Waals surface area contributed by atoms with Gasteiger partial charge in [0.05, 0.1) is 47.0 Å². The smallest absolute Gasteiger partial charge is 0.237 e. The van der Waals surface area contributed by atoms with E-state index in [0.717, 1.165) is 43.3 Å². The lowest BCUT2D eigenvalue weighted by molar-refractivity contribution is -0.124. The van der Waals surface area contributed by atoms with Crippen LogP contribution >= 0.6 is 0 Å². The normalized spacial score (nSPS) is 18.4. The summed E-state index contributed by atoms with van der Waals surface area (Å²) in [7, 11) is 3.70. The lowest BCUT2D eigenvalue weighted by Gasteiger charge is -2.38. The molecule has 1 amide bonds. The van der Waals surface area contributed by atoms with Gasteiger partial charge in [-0.25, -0.2) is 4.98 Å². The van der Waals surface area contributed by atoms with Crippen LogP contribution in [0, 0.1) is 11.3 Å². The van der Waals surface area contributed by atoms with E-state index >= 15 is 0 Å². The molecule has 6 heterocycles. The molecule has 10 nitrogen and oxygen atoms in total. The van der Waals surface area contributed by atoms with Crippen LogP contribution in [0.1, 0.15) is 28.9 Å². The molecule has 1 aromatic carbocycles. The number of hydrogen-bond acceptors (Lipinski definition) is 6. The van der Waals surface area contributed by atoms with Crippen LogP contribution in [0.25, 0.3) is 44.3 Å². The van der Waals surface area contributed by atoms with Crippen molar-refractivity contribution in [1.29, 1.82) is 5.26 Å².